The van der Waals surface area contributed by atoms with Gasteiger partial charge in [0.2, 0.25) is 5.91 Å². The Labute approximate surface area is 201 Å². The molecule has 2 aromatic rings. The minimum atomic E-state index is -0.675. The van der Waals surface area contributed by atoms with E-state index in [9.17, 15) is 9.59 Å². The third-order valence-electron chi connectivity index (χ3n) is 5.47. The van der Waals surface area contributed by atoms with Gasteiger partial charge in [0.25, 0.3) is 5.91 Å². The number of rotatable bonds is 10. The molecule has 0 bridgehead atoms. The molecular weight excluding hydrogens is 447 g/mol. The number of hydrogen-bond acceptors (Lipinski definition) is 3. The molecular formula is C25H32Cl2N2O3. The van der Waals surface area contributed by atoms with Crippen LogP contribution < -0.4 is 10.1 Å². The van der Waals surface area contributed by atoms with E-state index in [4.69, 9.17) is 27.9 Å². The molecule has 0 fully saturated rings. The third kappa shape index (κ3) is 6.88. The van der Waals surface area contributed by atoms with Gasteiger partial charge in [-0.2, -0.15) is 0 Å². The van der Waals surface area contributed by atoms with Crippen LogP contribution in [0.1, 0.15) is 50.3 Å². The molecule has 0 unspecified atom stereocenters. The first-order chi connectivity index (χ1) is 15.2. The molecule has 0 aromatic heterocycles. The van der Waals surface area contributed by atoms with Crippen LogP contribution in [-0.4, -0.2) is 35.4 Å². The number of carbonyl (C=O) groups is 2. The third-order valence-corrected chi connectivity index (χ3v) is 6.18. The fourth-order valence-electron chi connectivity index (χ4n) is 3.30. The zero-order chi connectivity index (χ0) is 23.8. The Bertz CT molecular complexity index is 929. The highest BCUT2D eigenvalue weighted by Crippen LogP contribution is 2.27. The predicted molar refractivity (Wildman–Crippen MR) is 130 cm³/mol. The van der Waals surface area contributed by atoms with Crippen LogP contribution in [-0.2, 0) is 16.1 Å². The summed E-state index contributed by atoms with van der Waals surface area (Å²) < 4.78 is 5.85. The fourth-order valence-corrected chi connectivity index (χ4v) is 3.82. The largest absolute Gasteiger partial charge is 0.483 e. The van der Waals surface area contributed by atoms with Crippen molar-refractivity contribution >= 4 is 35.0 Å². The van der Waals surface area contributed by atoms with E-state index in [1.54, 1.807) is 18.2 Å². The summed E-state index contributed by atoms with van der Waals surface area (Å²) in [5.74, 6) is 0.129. The quantitative estimate of drug-likeness (QED) is 0.475. The second kappa shape index (κ2) is 12.1. The first kappa shape index (κ1) is 26.0. The summed E-state index contributed by atoms with van der Waals surface area (Å²) in [6.07, 6.45) is 1.24. The number of nitrogens with one attached hydrogen (secondary N) is 1. The molecule has 2 atom stereocenters. The molecule has 0 spiro atoms. The maximum Gasteiger partial charge on any atom is 0.261 e. The van der Waals surface area contributed by atoms with Crippen LogP contribution >= 0.6 is 23.2 Å². The molecule has 0 aliphatic rings. The highest BCUT2D eigenvalue weighted by molar-refractivity contribution is 6.36. The second-order valence-corrected chi connectivity index (χ2v) is 8.84. The summed E-state index contributed by atoms with van der Waals surface area (Å²) in [6, 6.07) is 10.3. The van der Waals surface area contributed by atoms with Gasteiger partial charge >= 0.3 is 0 Å². The van der Waals surface area contributed by atoms with E-state index in [1.807, 2.05) is 52.8 Å². The molecule has 2 aromatic carbocycles. The SMILES string of the molecule is CC[C@H](C)NC(=O)[C@H](CC)N(Cc1c(Cl)cccc1Cl)C(=O)COc1cc(C)ccc1C. The van der Waals surface area contributed by atoms with Gasteiger partial charge in [-0.05, 0) is 62.9 Å². The standard InChI is InChI=1S/C25H32Cl2N2O3/c1-6-18(5)28-25(31)22(7-2)29(14-19-20(26)9-8-10-21(19)27)24(30)15-32-23-13-16(3)11-12-17(23)4/h8-13,18,22H,6-7,14-15H2,1-5H3,(H,28,31)/t18-,22-/m0/s1. The van der Waals surface area contributed by atoms with E-state index in [2.05, 4.69) is 5.32 Å². The lowest BCUT2D eigenvalue weighted by Crippen LogP contribution is -2.51. The first-order valence-corrected chi connectivity index (χ1v) is 11.7. The molecule has 174 valence electrons. The van der Waals surface area contributed by atoms with Crippen molar-refractivity contribution in [3.63, 3.8) is 0 Å². The second-order valence-electron chi connectivity index (χ2n) is 8.02. The van der Waals surface area contributed by atoms with Crippen molar-refractivity contribution in [3.8, 4) is 5.75 Å². The average molecular weight is 479 g/mol. The maximum absolute atomic E-state index is 13.3. The van der Waals surface area contributed by atoms with Crippen LogP contribution in [0, 0.1) is 13.8 Å². The average Bonchev–Trinajstić information content (AvgIpc) is 2.75. The van der Waals surface area contributed by atoms with Gasteiger partial charge in [0, 0.05) is 28.2 Å². The van der Waals surface area contributed by atoms with Crippen molar-refractivity contribution in [3.05, 3.63) is 63.1 Å². The summed E-state index contributed by atoms with van der Waals surface area (Å²) in [7, 11) is 0. The first-order valence-electron chi connectivity index (χ1n) is 10.9. The molecule has 7 heteroatoms. The van der Waals surface area contributed by atoms with Crippen molar-refractivity contribution in [2.75, 3.05) is 6.61 Å². The zero-order valence-corrected chi connectivity index (χ0v) is 20.9. The molecule has 32 heavy (non-hydrogen) atoms. The normalized spacial score (nSPS) is 12.7. The molecule has 0 aliphatic carbocycles. The van der Waals surface area contributed by atoms with Gasteiger partial charge in [-0.25, -0.2) is 0 Å². The Balaban J connectivity index is 2.32. The molecule has 0 aliphatic heterocycles. The predicted octanol–water partition coefficient (Wildman–Crippen LogP) is 5.71. The van der Waals surface area contributed by atoms with Crippen LogP contribution in [0.2, 0.25) is 10.0 Å². The van der Waals surface area contributed by atoms with E-state index < -0.39 is 6.04 Å². The van der Waals surface area contributed by atoms with E-state index in [1.165, 1.54) is 4.90 Å². The molecule has 0 saturated carbocycles. The lowest BCUT2D eigenvalue weighted by atomic mass is 10.1. The number of ether oxygens (including phenoxy) is 1. The van der Waals surface area contributed by atoms with E-state index >= 15 is 0 Å². The Hall–Kier alpha value is -2.24. The maximum atomic E-state index is 13.3. The number of aryl methyl sites for hydroxylation is 2. The topological polar surface area (TPSA) is 58.6 Å². The van der Waals surface area contributed by atoms with Gasteiger partial charge in [-0.15, -0.1) is 0 Å². The number of amides is 2. The fraction of sp³-hybridized carbons (Fsp3) is 0.440. The summed E-state index contributed by atoms with van der Waals surface area (Å²) in [5.41, 5.74) is 2.58. The summed E-state index contributed by atoms with van der Waals surface area (Å²) >= 11 is 12.7. The lowest BCUT2D eigenvalue weighted by Gasteiger charge is -2.32. The van der Waals surface area contributed by atoms with E-state index in [0.29, 0.717) is 27.8 Å². The molecule has 2 rings (SSSR count). The Morgan fingerprint density at radius 3 is 2.31 bits per heavy atom. The van der Waals surface area contributed by atoms with Crippen LogP contribution in [0.25, 0.3) is 0 Å². The number of carbonyl (C=O) groups excluding carboxylic acids is 2. The zero-order valence-electron chi connectivity index (χ0n) is 19.4. The van der Waals surface area contributed by atoms with Crippen molar-refractivity contribution in [2.45, 2.75) is 66.1 Å². The van der Waals surface area contributed by atoms with Crippen LogP contribution in [0.3, 0.4) is 0 Å². The summed E-state index contributed by atoms with van der Waals surface area (Å²) in [6.45, 7) is 9.61. The lowest BCUT2D eigenvalue weighted by molar-refractivity contribution is -0.143. The number of halogens is 2. The van der Waals surface area contributed by atoms with Crippen molar-refractivity contribution < 1.29 is 14.3 Å². The van der Waals surface area contributed by atoms with Gasteiger partial charge < -0.3 is 15.0 Å². The van der Waals surface area contributed by atoms with Crippen LogP contribution in [0.4, 0.5) is 0 Å². The Morgan fingerprint density at radius 1 is 1.06 bits per heavy atom. The van der Waals surface area contributed by atoms with Crippen LogP contribution in [0.15, 0.2) is 36.4 Å². The van der Waals surface area contributed by atoms with E-state index in [0.717, 1.165) is 17.5 Å². The van der Waals surface area contributed by atoms with Gasteiger partial charge in [0.1, 0.15) is 11.8 Å². The number of benzene rings is 2. The number of hydrogen-bond donors (Lipinski definition) is 1. The highest BCUT2D eigenvalue weighted by atomic mass is 35.5. The van der Waals surface area contributed by atoms with Gasteiger partial charge in [0.05, 0.1) is 0 Å². The molecule has 0 saturated heterocycles. The summed E-state index contributed by atoms with van der Waals surface area (Å²) in [4.78, 5) is 27.9. The number of nitrogens with zero attached hydrogens (tertiary/aromatic N) is 1. The Kier molecular flexibility index (Phi) is 9.85. The molecule has 2 amide bonds. The molecule has 0 radical (unpaired) electrons. The van der Waals surface area contributed by atoms with Crippen LogP contribution in [0.5, 0.6) is 5.75 Å². The minimum Gasteiger partial charge on any atom is -0.483 e. The van der Waals surface area contributed by atoms with E-state index in [-0.39, 0.29) is 31.0 Å². The van der Waals surface area contributed by atoms with Gasteiger partial charge in [-0.3, -0.25) is 9.59 Å². The summed E-state index contributed by atoms with van der Waals surface area (Å²) in [5, 5.41) is 3.88. The Morgan fingerprint density at radius 2 is 1.72 bits per heavy atom. The van der Waals surface area contributed by atoms with Crippen molar-refractivity contribution in [2.24, 2.45) is 0 Å². The van der Waals surface area contributed by atoms with Gasteiger partial charge in [-0.1, -0.05) is 55.2 Å². The molecule has 5 nitrogen and oxygen atoms in total. The minimum absolute atomic E-state index is 0.00333. The van der Waals surface area contributed by atoms with Crippen molar-refractivity contribution in [1.82, 2.24) is 10.2 Å². The monoisotopic (exact) mass is 478 g/mol. The molecule has 0 heterocycles. The van der Waals surface area contributed by atoms with Crippen molar-refractivity contribution in [1.29, 1.82) is 0 Å². The molecule has 1 N–H and O–H groups in total. The smallest absolute Gasteiger partial charge is 0.261 e. The van der Waals surface area contributed by atoms with Gasteiger partial charge in [0.15, 0.2) is 6.61 Å². The highest BCUT2D eigenvalue weighted by Gasteiger charge is 2.30.